The van der Waals surface area contributed by atoms with Crippen LogP contribution in [0.15, 0.2) is 84.0 Å². The van der Waals surface area contributed by atoms with Crippen molar-refractivity contribution < 1.29 is 4.79 Å². The summed E-state index contributed by atoms with van der Waals surface area (Å²) < 4.78 is 2.02. The number of aryl methyl sites for hydroxylation is 1. The summed E-state index contributed by atoms with van der Waals surface area (Å²) in [7, 11) is 0. The first kappa shape index (κ1) is 24.0. The molecular weight excluding hydrogens is 434 g/mol. The average molecular weight is 466 g/mol. The van der Waals surface area contributed by atoms with Crippen molar-refractivity contribution in [3.8, 4) is 0 Å². The molecule has 0 unspecified atom stereocenters. The first-order chi connectivity index (χ1) is 17.1. The largest absolute Gasteiger partial charge is 0.382 e. The molecule has 0 amide bonds. The zero-order valence-corrected chi connectivity index (χ0v) is 20.1. The highest BCUT2D eigenvalue weighted by Crippen LogP contribution is 2.30. The maximum absolute atomic E-state index is 12.2. The van der Waals surface area contributed by atoms with E-state index < -0.39 is 0 Å². The van der Waals surface area contributed by atoms with Gasteiger partial charge in [-0.1, -0.05) is 80.3 Å². The molecule has 1 aliphatic carbocycles. The lowest BCUT2D eigenvalue weighted by Crippen LogP contribution is -2.18. The number of nitrogens with two attached hydrogens (primary N) is 2. The quantitative estimate of drug-likeness (QED) is 0.151. The molecule has 0 fully saturated rings. The Balaban J connectivity index is 1.68. The maximum atomic E-state index is 12.2. The molecule has 0 atom stereocenters. The molecule has 0 saturated carbocycles. The van der Waals surface area contributed by atoms with E-state index in [1.54, 1.807) is 0 Å². The third kappa shape index (κ3) is 5.01. The smallest absolute Gasteiger partial charge is 0.168 e. The fourth-order valence-corrected chi connectivity index (χ4v) is 4.49. The Kier molecular flexibility index (Phi) is 7.41. The van der Waals surface area contributed by atoms with Gasteiger partial charge in [0.05, 0.1) is 5.69 Å². The lowest BCUT2D eigenvalue weighted by Gasteiger charge is -2.16. The summed E-state index contributed by atoms with van der Waals surface area (Å²) in [6.45, 7) is 6.91. The molecule has 1 aromatic heterocycles. The van der Waals surface area contributed by atoms with Gasteiger partial charge in [-0.2, -0.15) is 5.10 Å². The number of amidine groups is 1. The summed E-state index contributed by atoms with van der Waals surface area (Å²) in [6.07, 6.45) is 8.50. The number of hydrogen-bond donors (Lipinski definition) is 2. The first-order valence-electron chi connectivity index (χ1n) is 11.9. The van der Waals surface area contributed by atoms with Gasteiger partial charge in [0.15, 0.2) is 12.1 Å². The van der Waals surface area contributed by atoms with E-state index in [1.165, 1.54) is 0 Å². The van der Waals surface area contributed by atoms with E-state index >= 15 is 0 Å². The minimum absolute atomic E-state index is 0.337. The highest BCUT2D eigenvalue weighted by atomic mass is 16.1. The zero-order valence-electron chi connectivity index (χ0n) is 20.1. The van der Waals surface area contributed by atoms with Crippen molar-refractivity contribution in [2.45, 2.75) is 39.2 Å². The van der Waals surface area contributed by atoms with Crippen LogP contribution < -0.4 is 11.6 Å². The van der Waals surface area contributed by atoms with Gasteiger partial charge < -0.3 is 16.1 Å². The number of hydrogen-bond acceptors (Lipinski definition) is 4. The minimum atomic E-state index is 0.337. The van der Waals surface area contributed by atoms with Crippen molar-refractivity contribution in [1.82, 2.24) is 9.55 Å². The molecule has 0 radical (unpaired) electrons. The number of rotatable bonds is 9. The van der Waals surface area contributed by atoms with E-state index in [1.807, 2.05) is 41.0 Å². The predicted octanol–water partition coefficient (Wildman–Crippen LogP) is 5.09. The summed E-state index contributed by atoms with van der Waals surface area (Å²) in [5.74, 6) is 6.66. The fraction of sp³-hybridized carbons (Fsp3) is 0.207. The topological polar surface area (TPSA) is 99.3 Å². The number of imidazole rings is 1. The Hall–Kier alpha value is -4.19. The average Bonchev–Trinajstić information content (AvgIpc) is 3.25. The van der Waals surface area contributed by atoms with E-state index in [4.69, 9.17) is 16.6 Å². The number of nitrogens with zero attached hydrogens (tertiary/aromatic N) is 3. The van der Waals surface area contributed by atoms with Crippen LogP contribution in [0.4, 0.5) is 0 Å². The van der Waals surface area contributed by atoms with Gasteiger partial charge in [0.25, 0.3) is 0 Å². The second-order valence-corrected chi connectivity index (χ2v) is 8.60. The molecule has 6 heteroatoms. The summed E-state index contributed by atoms with van der Waals surface area (Å²) in [6, 6.07) is 18.2. The van der Waals surface area contributed by atoms with E-state index in [9.17, 15) is 4.79 Å². The number of allylic oxidation sites excluding steroid dienone is 2. The number of aldehydes is 1. The molecule has 0 spiro atoms. The van der Waals surface area contributed by atoms with Gasteiger partial charge in [-0.05, 0) is 41.5 Å². The molecular formula is C29H31N5O. The van der Waals surface area contributed by atoms with E-state index in [2.05, 4.69) is 48.9 Å². The summed E-state index contributed by atoms with van der Waals surface area (Å²) in [5, 5.41) is 3.68. The van der Waals surface area contributed by atoms with Crippen molar-refractivity contribution in [1.29, 1.82) is 0 Å². The van der Waals surface area contributed by atoms with Crippen LogP contribution in [0.1, 0.15) is 64.9 Å². The monoisotopic (exact) mass is 465 g/mol. The van der Waals surface area contributed by atoms with E-state index in [0.717, 1.165) is 71.2 Å². The van der Waals surface area contributed by atoms with E-state index in [-0.39, 0.29) is 0 Å². The fourth-order valence-electron chi connectivity index (χ4n) is 4.49. The van der Waals surface area contributed by atoms with Crippen molar-refractivity contribution >= 4 is 23.3 Å². The third-order valence-electron chi connectivity index (χ3n) is 6.31. The van der Waals surface area contributed by atoms with Crippen LogP contribution in [0.3, 0.4) is 0 Å². The Labute approximate surface area is 206 Å². The third-order valence-corrected chi connectivity index (χ3v) is 6.31. The van der Waals surface area contributed by atoms with Crippen LogP contribution in [0, 0.1) is 0 Å². The zero-order chi connectivity index (χ0) is 24.8. The Morgan fingerprint density at radius 1 is 1.17 bits per heavy atom. The molecule has 6 nitrogen and oxygen atoms in total. The van der Waals surface area contributed by atoms with Crippen LogP contribution in [-0.2, 0) is 13.0 Å². The Bertz CT molecular complexity index is 1310. The van der Waals surface area contributed by atoms with E-state index in [0.29, 0.717) is 23.8 Å². The van der Waals surface area contributed by atoms with Gasteiger partial charge in [-0.15, -0.1) is 0 Å². The van der Waals surface area contributed by atoms with Crippen molar-refractivity contribution in [2.24, 2.45) is 16.7 Å². The molecule has 1 aliphatic rings. The second kappa shape index (κ2) is 10.8. The highest BCUT2D eigenvalue weighted by Gasteiger charge is 2.20. The van der Waals surface area contributed by atoms with Gasteiger partial charge in [0.1, 0.15) is 11.5 Å². The van der Waals surface area contributed by atoms with Crippen LogP contribution in [-0.4, -0.2) is 21.7 Å². The second-order valence-electron chi connectivity index (χ2n) is 8.60. The highest BCUT2D eigenvalue weighted by molar-refractivity contribution is 6.06. The van der Waals surface area contributed by atoms with Gasteiger partial charge in [0.2, 0.25) is 0 Å². The van der Waals surface area contributed by atoms with Crippen molar-refractivity contribution in [2.75, 3.05) is 0 Å². The Morgan fingerprint density at radius 3 is 2.57 bits per heavy atom. The summed E-state index contributed by atoms with van der Waals surface area (Å²) in [5.41, 5.74) is 13.1. The lowest BCUT2D eigenvalue weighted by molar-refractivity contribution is 0.111. The SMILES string of the molecule is C=C(c1ccccc1)c1nc(CCC)n(Cc2ccc(C3=C(C(N)=NN)C=CCC3)cc2)c1C=O. The molecule has 35 heavy (non-hydrogen) atoms. The molecule has 0 aliphatic heterocycles. The van der Waals surface area contributed by atoms with Gasteiger partial charge in [-0.25, -0.2) is 4.98 Å². The minimum Gasteiger partial charge on any atom is -0.382 e. The van der Waals surface area contributed by atoms with Gasteiger partial charge in [0, 0.05) is 24.1 Å². The summed E-state index contributed by atoms with van der Waals surface area (Å²) >= 11 is 0. The van der Waals surface area contributed by atoms with Crippen LogP contribution in [0.5, 0.6) is 0 Å². The molecule has 1 heterocycles. The molecule has 0 saturated heterocycles. The number of carbonyl (C=O) groups is 1. The lowest BCUT2D eigenvalue weighted by atomic mass is 9.90. The van der Waals surface area contributed by atoms with Crippen LogP contribution in [0.25, 0.3) is 11.1 Å². The normalized spacial score (nSPS) is 13.8. The van der Waals surface area contributed by atoms with Crippen molar-refractivity contribution in [3.63, 3.8) is 0 Å². The summed E-state index contributed by atoms with van der Waals surface area (Å²) in [4.78, 5) is 17.1. The van der Waals surface area contributed by atoms with Crippen molar-refractivity contribution in [3.05, 3.63) is 113 Å². The number of aromatic nitrogens is 2. The number of benzene rings is 2. The molecule has 0 bridgehead atoms. The number of carbonyl (C=O) groups excluding carboxylic acids is 1. The standard InChI is InChI=1S/C29H31N5O/c1-3-9-27-32-28(20(2)22-10-5-4-6-11-22)26(19-35)34(27)18-21-14-16-23(17-15-21)24-12-7-8-13-25(24)29(30)33-31/h4-6,8,10-11,13-17,19H,2-3,7,9,12,18,31H2,1H3,(H2,30,33). The van der Waals surface area contributed by atoms with Gasteiger partial charge >= 0.3 is 0 Å². The van der Waals surface area contributed by atoms with Crippen LogP contribution >= 0.6 is 0 Å². The first-order valence-corrected chi connectivity index (χ1v) is 11.9. The van der Waals surface area contributed by atoms with Crippen LogP contribution in [0.2, 0.25) is 0 Å². The molecule has 4 N–H and O–H groups in total. The molecule has 2 aromatic carbocycles. The van der Waals surface area contributed by atoms with Gasteiger partial charge in [-0.3, -0.25) is 4.79 Å². The maximum Gasteiger partial charge on any atom is 0.168 e. The Morgan fingerprint density at radius 2 is 1.91 bits per heavy atom. The molecule has 178 valence electrons. The predicted molar refractivity (Wildman–Crippen MR) is 143 cm³/mol. The molecule has 3 aromatic rings. The molecule has 4 rings (SSSR count). The number of hydrazone groups is 1.